The molecule has 94 valence electrons. The zero-order valence-electron chi connectivity index (χ0n) is 9.88. The number of nitrogens with two attached hydrogens (primary N) is 1. The van der Waals surface area contributed by atoms with E-state index in [-0.39, 0.29) is 22.5 Å². The minimum absolute atomic E-state index is 0.146. The fraction of sp³-hybridized carbons (Fsp3) is 0.538. The largest absolute Gasteiger partial charge is 0.374 e. The van der Waals surface area contributed by atoms with Crippen LogP contribution in [0.25, 0.3) is 0 Å². The maximum atomic E-state index is 13.7. The highest BCUT2D eigenvalue weighted by molar-refractivity contribution is 6.30. The van der Waals surface area contributed by atoms with E-state index < -0.39 is 0 Å². The molecule has 0 aromatic heterocycles. The van der Waals surface area contributed by atoms with E-state index in [0.29, 0.717) is 12.0 Å². The summed E-state index contributed by atoms with van der Waals surface area (Å²) in [5.41, 5.74) is 6.35. The standard InChI is InChI=1S/C13H17ClFNO/c1-13(6-3-7-17-13)11(16)8-9-4-2-5-10(14)12(9)15/h2,4-5,11H,3,6-8,16H2,1H3. The first-order chi connectivity index (χ1) is 8.03. The molecule has 17 heavy (non-hydrogen) atoms. The normalized spacial score (nSPS) is 26.1. The lowest BCUT2D eigenvalue weighted by atomic mass is 9.89. The summed E-state index contributed by atoms with van der Waals surface area (Å²) in [4.78, 5) is 0. The summed E-state index contributed by atoms with van der Waals surface area (Å²) in [6.07, 6.45) is 2.39. The van der Waals surface area contributed by atoms with Gasteiger partial charge in [-0.1, -0.05) is 23.7 Å². The Morgan fingerprint density at radius 1 is 1.59 bits per heavy atom. The lowest BCUT2D eigenvalue weighted by Crippen LogP contribution is -2.46. The third-order valence-corrected chi connectivity index (χ3v) is 3.80. The summed E-state index contributed by atoms with van der Waals surface area (Å²) in [7, 11) is 0. The van der Waals surface area contributed by atoms with E-state index in [1.807, 2.05) is 6.92 Å². The second-order valence-electron chi connectivity index (χ2n) is 4.79. The average molecular weight is 258 g/mol. The van der Waals surface area contributed by atoms with Crippen molar-refractivity contribution in [1.29, 1.82) is 0 Å². The number of hydrogen-bond donors (Lipinski definition) is 1. The van der Waals surface area contributed by atoms with Crippen molar-refractivity contribution in [3.63, 3.8) is 0 Å². The van der Waals surface area contributed by atoms with Gasteiger partial charge < -0.3 is 10.5 Å². The molecule has 1 fully saturated rings. The number of hydrogen-bond acceptors (Lipinski definition) is 2. The maximum absolute atomic E-state index is 13.7. The lowest BCUT2D eigenvalue weighted by Gasteiger charge is -2.30. The first-order valence-electron chi connectivity index (χ1n) is 5.85. The molecule has 0 amide bonds. The van der Waals surface area contributed by atoms with Crippen LogP contribution in [0, 0.1) is 5.82 Å². The summed E-state index contributed by atoms with van der Waals surface area (Å²) < 4.78 is 19.4. The van der Waals surface area contributed by atoms with Crippen LogP contribution < -0.4 is 5.73 Å². The smallest absolute Gasteiger partial charge is 0.145 e. The highest BCUT2D eigenvalue weighted by Gasteiger charge is 2.36. The molecule has 2 nitrogen and oxygen atoms in total. The van der Waals surface area contributed by atoms with Crippen molar-refractivity contribution in [2.24, 2.45) is 5.73 Å². The van der Waals surface area contributed by atoms with Gasteiger partial charge in [0.15, 0.2) is 0 Å². The summed E-state index contributed by atoms with van der Waals surface area (Å²) in [6, 6.07) is 4.79. The van der Waals surface area contributed by atoms with Gasteiger partial charge in [0.25, 0.3) is 0 Å². The Morgan fingerprint density at radius 3 is 3.00 bits per heavy atom. The fourth-order valence-corrected chi connectivity index (χ4v) is 2.45. The van der Waals surface area contributed by atoms with Gasteiger partial charge >= 0.3 is 0 Å². The van der Waals surface area contributed by atoms with Crippen molar-refractivity contribution in [3.05, 3.63) is 34.6 Å². The van der Waals surface area contributed by atoms with Crippen LogP contribution in [-0.2, 0) is 11.2 Å². The summed E-state index contributed by atoms with van der Waals surface area (Å²) in [5.74, 6) is -0.369. The van der Waals surface area contributed by atoms with Crippen LogP contribution >= 0.6 is 11.6 Å². The minimum Gasteiger partial charge on any atom is -0.374 e. The molecule has 1 aromatic carbocycles. The molecule has 2 unspecified atom stereocenters. The van der Waals surface area contributed by atoms with E-state index in [1.165, 1.54) is 0 Å². The molecule has 1 saturated heterocycles. The Labute approximate surface area is 106 Å². The van der Waals surface area contributed by atoms with E-state index >= 15 is 0 Å². The van der Waals surface area contributed by atoms with Crippen molar-refractivity contribution in [3.8, 4) is 0 Å². The van der Waals surface area contributed by atoms with E-state index in [4.69, 9.17) is 22.1 Å². The third-order valence-electron chi connectivity index (χ3n) is 3.51. The molecule has 2 rings (SSSR count). The summed E-state index contributed by atoms with van der Waals surface area (Å²) in [5, 5.41) is 0.146. The number of halogens is 2. The van der Waals surface area contributed by atoms with Gasteiger partial charge in [-0.05, 0) is 37.8 Å². The molecule has 2 atom stereocenters. The third kappa shape index (κ3) is 2.62. The highest BCUT2D eigenvalue weighted by Crippen LogP contribution is 2.30. The fourth-order valence-electron chi connectivity index (χ4n) is 2.25. The Balaban J connectivity index is 2.12. The molecular weight excluding hydrogens is 241 g/mol. The van der Waals surface area contributed by atoms with Gasteiger partial charge in [-0.2, -0.15) is 0 Å². The number of ether oxygens (including phenoxy) is 1. The van der Waals surface area contributed by atoms with Gasteiger partial charge in [0.05, 0.1) is 10.6 Å². The number of rotatable bonds is 3. The Bertz CT molecular complexity index is 404. The predicted octanol–water partition coefficient (Wildman–Crippen LogP) is 2.92. The van der Waals surface area contributed by atoms with E-state index in [0.717, 1.165) is 19.4 Å². The SMILES string of the molecule is CC1(C(N)Cc2cccc(Cl)c2F)CCCO1. The predicted molar refractivity (Wildman–Crippen MR) is 66.7 cm³/mol. The second kappa shape index (κ2) is 4.92. The van der Waals surface area contributed by atoms with E-state index in [2.05, 4.69) is 0 Å². The molecule has 1 aromatic rings. The number of benzene rings is 1. The van der Waals surface area contributed by atoms with Crippen LogP contribution in [0.5, 0.6) is 0 Å². The van der Waals surface area contributed by atoms with Gasteiger partial charge in [-0.15, -0.1) is 0 Å². The van der Waals surface area contributed by atoms with Gasteiger partial charge in [-0.25, -0.2) is 4.39 Å². The molecule has 0 aliphatic carbocycles. The van der Waals surface area contributed by atoms with Gasteiger partial charge in [0.2, 0.25) is 0 Å². The minimum atomic E-state index is -0.369. The Hall–Kier alpha value is -0.640. The maximum Gasteiger partial charge on any atom is 0.145 e. The quantitative estimate of drug-likeness (QED) is 0.904. The molecule has 0 bridgehead atoms. The Morgan fingerprint density at radius 2 is 2.35 bits per heavy atom. The van der Waals surface area contributed by atoms with E-state index in [9.17, 15) is 4.39 Å². The van der Waals surface area contributed by atoms with Crippen molar-refractivity contribution in [1.82, 2.24) is 0 Å². The lowest BCUT2D eigenvalue weighted by molar-refractivity contribution is -0.00107. The zero-order valence-corrected chi connectivity index (χ0v) is 10.6. The topological polar surface area (TPSA) is 35.2 Å². The van der Waals surface area contributed by atoms with Gasteiger partial charge in [0.1, 0.15) is 5.82 Å². The first-order valence-corrected chi connectivity index (χ1v) is 6.23. The summed E-state index contributed by atoms with van der Waals surface area (Å²) in [6.45, 7) is 2.73. The van der Waals surface area contributed by atoms with Crippen LogP contribution in [0.3, 0.4) is 0 Å². The second-order valence-corrected chi connectivity index (χ2v) is 5.20. The molecule has 0 radical (unpaired) electrons. The van der Waals surface area contributed by atoms with E-state index in [1.54, 1.807) is 18.2 Å². The van der Waals surface area contributed by atoms with Crippen molar-refractivity contribution in [2.75, 3.05) is 6.61 Å². The molecule has 1 aliphatic heterocycles. The summed E-state index contributed by atoms with van der Waals surface area (Å²) >= 11 is 5.74. The van der Waals surface area contributed by atoms with Crippen molar-refractivity contribution < 1.29 is 9.13 Å². The van der Waals surface area contributed by atoms with Crippen LogP contribution in [0.4, 0.5) is 4.39 Å². The van der Waals surface area contributed by atoms with Crippen LogP contribution in [0.2, 0.25) is 5.02 Å². The van der Waals surface area contributed by atoms with Crippen LogP contribution in [0.1, 0.15) is 25.3 Å². The molecule has 1 aliphatic rings. The molecule has 4 heteroatoms. The van der Waals surface area contributed by atoms with Gasteiger partial charge in [-0.3, -0.25) is 0 Å². The average Bonchev–Trinajstić information content (AvgIpc) is 2.73. The highest BCUT2D eigenvalue weighted by atomic mass is 35.5. The van der Waals surface area contributed by atoms with Crippen LogP contribution in [-0.4, -0.2) is 18.2 Å². The van der Waals surface area contributed by atoms with Crippen molar-refractivity contribution >= 4 is 11.6 Å². The molecule has 0 spiro atoms. The zero-order chi connectivity index (χ0) is 12.5. The molecule has 2 N–H and O–H groups in total. The monoisotopic (exact) mass is 257 g/mol. The Kier molecular flexibility index (Phi) is 3.71. The molecular formula is C13H17ClFNO. The first kappa shape index (κ1) is 12.8. The molecule has 1 heterocycles. The molecule has 0 saturated carbocycles. The van der Waals surface area contributed by atoms with Crippen molar-refractivity contribution in [2.45, 2.75) is 37.8 Å². The van der Waals surface area contributed by atoms with Gasteiger partial charge in [0, 0.05) is 12.6 Å². The van der Waals surface area contributed by atoms with Crippen LogP contribution in [0.15, 0.2) is 18.2 Å².